The molecule has 68 valence electrons. The monoisotopic (exact) mass is 196 g/mol. The standard InChI is InChI=1S/C10H9ClO2/c1-6-4-9(12)8-5-7(11)2-3-10(8)13-6/h2-3,5,9,12H,1,4H2. The van der Waals surface area contributed by atoms with E-state index < -0.39 is 6.10 Å². The van der Waals surface area contributed by atoms with Crippen molar-refractivity contribution in [2.24, 2.45) is 0 Å². The topological polar surface area (TPSA) is 29.5 Å². The third-order valence-electron chi connectivity index (χ3n) is 2.01. The van der Waals surface area contributed by atoms with Gasteiger partial charge in [0.25, 0.3) is 0 Å². The van der Waals surface area contributed by atoms with Crippen LogP contribution in [0.15, 0.2) is 30.5 Å². The van der Waals surface area contributed by atoms with Gasteiger partial charge in [-0.15, -0.1) is 0 Å². The molecule has 1 N–H and O–H groups in total. The molecule has 0 saturated carbocycles. The molecule has 1 aliphatic rings. The number of halogens is 1. The number of rotatable bonds is 0. The molecule has 0 radical (unpaired) electrons. The first-order chi connectivity index (χ1) is 6.16. The van der Waals surface area contributed by atoms with E-state index in [4.69, 9.17) is 16.3 Å². The van der Waals surface area contributed by atoms with Crippen LogP contribution in [0, 0.1) is 0 Å². The van der Waals surface area contributed by atoms with E-state index in [1.54, 1.807) is 18.2 Å². The molecular formula is C10H9ClO2. The first-order valence-corrected chi connectivity index (χ1v) is 4.38. The van der Waals surface area contributed by atoms with Gasteiger partial charge in [-0.05, 0) is 18.2 Å². The molecule has 1 heterocycles. The van der Waals surface area contributed by atoms with Gasteiger partial charge in [0.15, 0.2) is 0 Å². The highest BCUT2D eigenvalue weighted by Gasteiger charge is 2.21. The molecule has 0 fully saturated rings. The van der Waals surface area contributed by atoms with Crippen LogP contribution in [0.25, 0.3) is 0 Å². The third kappa shape index (κ3) is 1.55. The lowest BCUT2D eigenvalue weighted by atomic mass is 10.0. The summed E-state index contributed by atoms with van der Waals surface area (Å²) in [6.07, 6.45) is -0.109. The molecule has 0 bridgehead atoms. The Labute approximate surface area is 81.4 Å². The fourth-order valence-corrected chi connectivity index (χ4v) is 1.58. The van der Waals surface area contributed by atoms with Crippen LogP contribution < -0.4 is 4.74 Å². The van der Waals surface area contributed by atoms with Crippen molar-refractivity contribution in [1.82, 2.24) is 0 Å². The van der Waals surface area contributed by atoms with E-state index >= 15 is 0 Å². The molecule has 1 atom stereocenters. The fourth-order valence-electron chi connectivity index (χ4n) is 1.40. The van der Waals surface area contributed by atoms with Crippen molar-refractivity contribution in [3.63, 3.8) is 0 Å². The van der Waals surface area contributed by atoms with Gasteiger partial charge in [0, 0.05) is 17.0 Å². The summed E-state index contributed by atoms with van der Waals surface area (Å²) in [7, 11) is 0. The molecule has 0 spiro atoms. The van der Waals surface area contributed by atoms with Crippen LogP contribution in [-0.2, 0) is 0 Å². The smallest absolute Gasteiger partial charge is 0.132 e. The van der Waals surface area contributed by atoms with Gasteiger partial charge >= 0.3 is 0 Å². The van der Waals surface area contributed by atoms with E-state index in [9.17, 15) is 5.11 Å². The Balaban J connectivity index is 2.49. The highest BCUT2D eigenvalue weighted by atomic mass is 35.5. The molecule has 1 unspecified atom stereocenters. The Bertz CT molecular complexity index is 360. The first-order valence-electron chi connectivity index (χ1n) is 4.00. The van der Waals surface area contributed by atoms with Gasteiger partial charge in [-0.25, -0.2) is 0 Å². The van der Waals surface area contributed by atoms with Crippen molar-refractivity contribution in [3.8, 4) is 5.75 Å². The van der Waals surface area contributed by atoms with Crippen molar-refractivity contribution < 1.29 is 9.84 Å². The molecule has 13 heavy (non-hydrogen) atoms. The molecular weight excluding hydrogens is 188 g/mol. The minimum Gasteiger partial charge on any atom is -0.462 e. The molecule has 1 aromatic rings. The molecule has 0 aromatic heterocycles. The van der Waals surface area contributed by atoms with Crippen molar-refractivity contribution >= 4 is 11.6 Å². The average Bonchev–Trinajstić information content (AvgIpc) is 2.06. The second-order valence-electron chi connectivity index (χ2n) is 3.04. The van der Waals surface area contributed by atoms with Crippen LogP contribution in [0.3, 0.4) is 0 Å². The Hall–Kier alpha value is -0.990. The maximum atomic E-state index is 9.66. The summed E-state index contributed by atoms with van der Waals surface area (Å²) >= 11 is 5.79. The number of aliphatic hydroxyl groups is 1. The SMILES string of the molecule is C=C1CC(O)c2cc(Cl)ccc2O1. The van der Waals surface area contributed by atoms with Crippen molar-refractivity contribution in [2.45, 2.75) is 12.5 Å². The number of hydrogen-bond donors (Lipinski definition) is 1. The van der Waals surface area contributed by atoms with Crippen molar-refractivity contribution in [3.05, 3.63) is 41.1 Å². The number of aliphatic hydroxyl groups excluding tert-OH is 1. The Kier molecular flexibility index (Phi) is 2.02. The largest absolute Gasteiger partial charge is 0.462 e. The maximum absolute atomic E-state index is 9.66. The van der Waals surface area contributed by atoms with E-state index in [1.807, 2.05) is 0 Å². The lowest BCUT2D eigenvalue weighted by Crippen LogP contribution is -2.11. The predicted octanol–water partition coefficient (Wildman–Crippen LogP) is 2.67. The highest BCUT2D eigenvalue weighted by Crippen LogP contribution is 2.36. The van der Waals surface area contributed by atoms with Crippen molar-refractivity contribution in [2.75, 3.05) is 0 Å². The lowest BCUT2D eigenvalue weighted by molar-refractivity contribution is 0.144. The zero-order valence-corrected chi connectivity index (χ0v) is 7.71. The molecule has 1 aromatic carbocycles. The van der Waals surface area contributed by atoms with Gasteiger partial charge in [0.2, 0.25) is 0 Å². The van der Waals surface area contributed by atoms with Crippen LogP contribution in [0.5, 0.6) is 5.75 Å². The summed E-state index contributed by atoms with van der Waals surface area (Å²) in [6, 6.07) is 5.19. The molecule has 1 aliphatic heterocycles. The minimum absolute atomic E-state index is 0.438. The second kappa shape index (κ2) is 3.05. The van der Waals surface area contributed by atoms with Crippen LogP contribution in [0.4, 0.5) is 0 Å². The fraction of sp³-hybridized carbons (Fsp3) is 0.200. The van der Waals surface area contributed by atoms with E-state index in [2.05, 4.69) is 6.58 Å². The van der Waals surface area contributed by atoms with Gasteiger partial charge in [-0.2, -0.15) is 0 Å². The molecule has 2 nitrogen and oxygen atoms in total. The summed E-state index contributed by atoms with van der Waals surface area (Å²) in [5.74, 6) is 1.23. The molecule has 3 heteroatoms. The number of fused-ring (bicyclic) bond motifs is 1. The summed E-state index contributed by atoms with van der Waals surface area (Å²) in [4.78, 5) is 0. The number of ether oxygens (including phenoxy) is 1. The quantitative estimate of drug-likeness (QED) is 0.691. The third-order valence-corrected chi connectivity index (χ3v) is 2.24. The second-order valence-corrected chi connectivity index (χ2v) is 3.48. The normalized spacial score (nSPS) is 20.8. The Morgan fingerprint density at radius 3 is 3.08 bits per heavy atom. The van der Waals surface area contributed by atoms with Crippen LogP contribution >= 0.6 is 11.6 Å². The highest BCUT2D eigenvalue weighted by molar-refractivity contribution is 6.30. The van der Waals surface area contributed by atoms with Crippen LogP contribution in [0.1, 0.15) is 18.1 Å². The van der Waals surface area contributed by atoms with Crippen LogP contribution in [-0.4, -0.2) is 5.11 Å². The molecule has 0 saturated heterocycles. The minimum atomic E-state index is -0.546. The Morgan fingerprint density at radius 1 is 1.54 bits per heavy atom. The van der Waals surface area contributed by atoms with E-state index in [0.29, 0.717) is 23.0 Å². The predicted molar refractivity (Wildman–Crippen MR) is 50.8 cm³/mol. The zero-order chi connectivity index (χ0) is 9.42. The van der Waals surface area contributed by atoms with Gasteiger partial charge in [0.1, 0.15) is 5.75 Å². The molecule has 0 aliphatic carbocycles. The molecule has 2 rings (SSSR count). The Morgan fingerprint density at radius 2 is 2.31 bits per heavy atom. The lowest BCUT2D eigenvalue weighted by Gasteiger charge is -2.23. The molecule has 0 amide bonds. The van der Waals surface area contributed by atoms with Gasteiger partial charge in [-0.3, -0.25) is 0 Å². The first kappa shape index (κ1) is 8.60. The van der Waals surface area contributed by atoms with Crippen molar-refractivity contribution in [1.29, 1.82) is 0 Å². The summed E-state index contributed by atoms with van der Waals surface area (Å²) in [5.41, 5.74) is 0.736. The van der Waals surface area contributed by atoms with Crippen LogP contribution in [0.2, 0.25) is 5.02 Å². The summed E-state index contributed by atoms with van der Waals surface area (Å²) in [6.45, 7) is 3.67. The summed E-state index contributed by atoms with van der Waals surface area (Å²) in [5, 5.41) is 10.3. The van der Waals surface area contributed by atoms with Gasteiger partial charge in [0.05, 0.1) is 11.9 Å². The number of hydrogen-bond acceptors (Lipinski definition) is 2. The van der Waals surface area contributed by atoms with E-state index in [0.717, 1.165) is 5.56 Å². The van der Waals surface area contributed by atoms with E-state index in [1.165, 1.54) is 0 Å². The van der Waals surface area contributed by atoms with Gasteiger partial charge < -0.3 is 9.84 Å². The van der Waals surface area contributed by atoms with Gasteiger partial charge in [-0.1, -0.05) is 18.2 Å². The van der Waals surface area contributed by atoms with E-state index in [-0.39, 0.29) is 0 Å². The zero-order valence-electron chi connectivity index (χ0n) is 6.96. The average molecular weight is 197 g/mol. The maximum Gasteiger partial charge on any atom is 0.132 e. The summed E-state index contributed by atoms with van der Waals surface area (Å²) < 4.78 is 5.34. The number of benzene rings is 1.